The van der Waals surface area contributed by atoms with Gasteiger partial charge in [-0.05, 0) is 60.9 Å². The van der Waals surface area contributed by atoms with Gasteiger partial charge in [0.15, 0.2) is 5.11 Å². The summed E-state index contributed by atoms with van der Waals surface area (Å²) in [6, 6.07) is 23.9. The van der Waals surface area contributed by atoms with Gasteiger partial charge in [0.2, 0.25) is 0 Å². The minimum Gasteiger partial charge on any atom is -0.332 e. The molecule has 0 saturated heterocycles. The quantitative estimate of drug-likeness (QED) is 0.374. The zero-order valence-electron chi connectivity index (χ0n) is 15.2. The van der Waals surface area contributed by atoms with Crippen molar-refractivity contribution in [3.05, 3.63) is 89.6 Å². The largest absolute Gasteiger partial charge is 0.332 e. The monoisotopic (exact) mass is 403 g/mol. The van der Waals surface area contributed by atoms with E-state index in [0.717, 1.165) is 33.4 Å². The van der Waals surface area contributed by atoms with Crippen LogP contribution in [0.2, 0.25) is 5.02 Å². The van der Waals surface area contributed by atoms with E-state index < -0.39 is 0 Å². The highest BCUT2D eigenvalue weighted by molar-refractivity contribution is 7.80. The van der Waals surface area contributed by atoms with Gasteiger partial charge in [-0.25, -0.2) is 0 Å². The van der Waals surface area contributed by atoms with Crippen LogP contribution in [0.15, 0.2) is 79.0 Å². The van der Waals surface area contributed by atoms with Crippen molar-refractivity contribution in [3.63, 3.8) is 0 Å². The second kappa shape index (κ2) is 7.97. The Balaban J connectivity index is 1.62. The molecule has 3 nitrogen and oxygen atoms in total. The molecule has 0 atom stereocenters. The number of halogens is 1. The van der Waals surface area contributed by atoms with Gasteiger partial charge in [-0.3, -0.25) is 4.98 Å². The molecule has 0 aliphatic rings. The Morgan fingerprint density at radius 1 is 0.893 bits per heavy atom. The predicted molar refractivity (Wildman–Crippen MR) is 123 cm³/mol. The zero-order valence-corrected chi connectivity index (χ0v) is 16.8. The van der Waals surface area contributed by atoms with Gasteiger partial charge in [-0.15, -0.1) is 0 Å². The molecule has 3 aromatic carbocycles. The second-order valence-corrected chi connectivity index (χ2v) is 7.34. The van der Waals surface area contributed by atoms with Crippen LogP contribution >= 0.6 is 23.8 Å². The molecule has 28 heavy (non-hydrogen) atoms. The molecule has 0 amide bonds. The van der Waals surface area contributed by atoms with Gasteiger partial charge in [0.1, 0.15) is 0 Å². The van der Waals surface area contributed by atoms with Crippen molar-refractivity contribution in [1.29, 1.82) is 0 Å². The van der Waals surface area contributed by atoms with E-state index in [9.17, 15) is 0 Å². The van der Waals surface area contributed by atoms with Gasteiger partial charge >= 0.3 is 0 Å². The van der Waals surface area contributed by atoms with Gasteiger partial charge in [-0.2, -0.15) is 0 Å². The average molecular weight is 404 g/mol. The molecule has 4 aromatic rings. The molecule has 0 saturated carbocycles. The SMILES string of the molecule is Cc1ccc(NC(=S)Nc2ccc(Cl)c(-c3nccc4ccccc34)c2)cc1. The average Bonchev–Trinajstić information content (AvgIpc) is 2.71. The number of rotatable bonds is 3. The van der Waals surface area contributed by atoms with Crippen LogP contribution < -0.4 is 10.6 Å². The highest BCUT2D eigenvalue weighted by Crippen LogP contribution is 2.33. The molecule has 0 radical (unpaired) electrons. The van der Waals surface area contributed by atoms with Crippen LogP contribution in [-0.4, -0.2) is 10.1 Å². The number of benzene rings is 3. The van der Waals surface area contributed by atoms with Gasteiger partial charge in [0.25, 0.3) is 0 Å². The lowest BCUT2D eigenvalue weighted by molar-refractivity contribution is 1.36. The first kappa shape index (κ1) is 18.4. The van der Waals surface area contributed by atoms with E-state index in [0.29, 0.717) is 10.1 Å². The molecule has 0 fully saturated rings. The molecule has 1 aromatic heterocycles. The van der Waals surface area contributed by atoms with Crippen molar-refractivity contribution in [2.75, 3.05) is 10.6 Å². The van der Waals surface area contributed by atoms with E-state index in [4.69, 9.17) is 23.8 Å². The Morgan fingerprint density at radius 2 is 1.61 bits per heavy atom. The summed E-state index contributed by atoms with van der Waals surface area (Å²) in [5.74, 6) is 0. The van der Waals surface area contributed by atoms with Gasteiger partial charge in [-0.1, -0.05) is 53.6 Å². The smallest absolute Gasteiger partial charge is 0.175 e. The molecule has 2 N–H and O–H groups in total. The third-order valence-corrected chi connectivity index (χ3v) is 5.00. The first-order chi connectivity index (χ1) is 13.6. The number of hydrogen-bond donors (Lipinski definition) is 2. The summed E-state index contributed by atoms with van der Waals surface area (Å²) in [5, 5.41) is 9.76. The Morgan fingerprint density at radius 3 is 2.43 bits per heavy atom. The summed E-state index contributed by atoms with van der Waals surface area (Å²) in [5.41, 5.74) is 4.70. The van der Waals surface area contributed by atoms with E-state index >= 15 is 0 Å². The molecule has 1 heterocycles. The first-order valence-corrected chi connectivity index (χ1v) is 9.67. The van der Waals surface area contributed by atoms with Crippen LogP contribution in [0.25, 0.3) is 22.0 Å². The van der Waals surface area contributed by atoms with Gasteiger partial charge < -0.3 is 10.6 Å². The fraction of sp³-hybridized carbons (Fsp3) is 0.0435. The number of hydrogen-bond acceptors (Lipinski definition) is 2. The summed E-state index contributed by atoms with van der Waals surface area (Å²) in [4.78, 5) is 4.57. The zero-order chi connectivity index (χ0) is 19.5. The maximum Gasteiger partial charge on any atom is 0.175 e. The fourth-order valence-corrected chi connectivity index (χ4v) is 3.49. The molecule has 0 spiro atoms. The van der Waals surface area contributed by atoms with Crippen molar-refractivity contribution in [3.8, 4) is 11.3 Å². The lowest BCUT2D eigenvalue weighted by atomic mass is 10.0. The number of anilines is 2. The predicted octanol–water partition coefficient (Wildman–Crippen LogP) is 6.67. The minimum absolute atomic E-state index is 0.517. The number of pyridine rings is 1. The van der Waals surface area contributed by atoms with E-state index in [1.165, 1.54) is 5.56 Å². The van der Waals surface area contributed by atoms with E-state index in [2.05, 4.69) is 34.7 Å². The number of aromatic nitrogens is 1. The Hall–Kier alpha value is -2.95. The summed E-state index contributed by atoms with van der Waals surface area (Å²) in [6.45, 7) is 2.05. The summed E-state index contributed by atoms with van der Waals surface area (Å²) >= 11 is 11.9. The molecule has 138 valence electrons. The van der Waals surface area contributed by atoms with E-state index in [-0.39, 0.29) is 0 Å². The van der Waals surface area contributed by atoms with Crippen LogP contribution in [0.4, 0.5) is 11.4 Å². The maximum absolute atomic E-state index is 6.50. The summed E-state index contributed by atoms with van der Waals surface area (Å²) in [6.07, 6.45) is 1.80. The summed E-state index contributed by atoms with van der Waals surface area (Å²) < 4.78 is 0. The third-order valence-electron chi connectivity index (χ3n) is 4.46. The summed E-state index contributed by atoms with van der Waals surface area (Å²) in [7, 11) is 0. The molecular formula is C23H18ClN3S. The van der Waals surface area contributed by atoms with Crippen LogP contribution in [-0.2, 0) is 0 Å². The minimum atomic E-state index is 0.517. The van der Waals surface area contributed by atoms with Crippen LogP contribution in [0.1, 0.15) is 5.56 Å². The van der Waals surface area contributed by atoms with E-state index in [1.54, 1.807) is 6.20 Å². The fourth-order valence-electron chi connectivity index (χ4n) is 3.05. The highest BCUT2D eigenvalue weighted by Gasteiger charge is 2.11. The van der Waals surface area contributed by atoms with Gasteiger partial charge in [0, 0.05) is 28.5 Å². The maximum atomic E-state index is 6.50. The van der Waals surface area contributed by atoms with Crippen molar-refractivity contribution in [2.24, 2.45) is 0 Å². The van der Waals surface area contributed by atoms with E-state index in [1.807, 2.05) is 60.7 Å². The van der Waals surface area contributed by atoms with Crippen LogP contribution in [0.5, 0.6) is 0 Å². The Labute approximate surface area is 174 Å². The number of fused-ring (bicyclic) bond motifs is 1. The Kier molecular flexibility index (Phi) is 5.24. The molecule has 5 heteroatoms. The molecule has 0 bridgehead atoms. The normalized spacial score (nSPS) is 10.6. The molecule has 4 rings (SSSR count). The number of thiocarbonyl (C=S) groups is 1. The number of nitrogens with one attached hydrogen (secondary N) is 2. The van der Waals surface area contributed by atoms with Crippen molar-refractivity contribution < 1.29 is 0 Å². The molecule has 0 unspecified atom stereocenters. The topological polar surface area (TPSA) is 37.0 Å². The third kappa shape index (κ3) is 3.98. The van der Waals surface area contributed by atoms with Crippen LogP contribution in [0.3, 0.4) is 0 Å². The molecular weight excluding hydrogens is 386 g/mol. The van der Waals surface area contributed by atoms with Crippen molar-refractivity contribution in [1.82, 2.24) is 4.98 Å². The van der Waals surface area contributed by atoms with Crippen LogP contribution in [0, 0.1) is 6.92 Å². The number of nitrogens with zero attached hydrogens (tertiary/aromatic N) is 1. The first-order valence-electron chi connectivity index (χ1n) is 8.88. The second-order valence-electron chi connectivity index (χ2n) is 6.52. The van der Waals surface area contributed by atoms with Crippen molar-refractivity contribution in [2.45, 2.75) is 6.92 Å². The van der Waals surface area contributed by atoms with Crippen molar-refractivity contribution >= 4 is 51.1 Å². The lowest BCUT2D eigenvalue weighted by Gasteiger charge is -2.13. The lowest BCUT2D eigenvalue weighted by Crippen LogP contribution is -2.19. The van der Waals surface area contributed by atoms with Gasteiger partial charge in [0.05, 0.1) is 10.7 Å². The number of aryl methyl sites for hydroxylation is 1. The standard InChI is InChI=1S/C23H18ClN3S/c1-15-6-8-17(9-7-15)26-23(28)27-18-10-11-21(24)20(14-18)22-19-5-3-2-4-16(19)12-13-25-22/h2-14H,1H3,(H2,26,27,28). The molecule has 0 aliphatic carbocycles. The Bertz CT molecular complexity index is 1150. The molecule has 0 aliphatic heterocycles. The highest BCUT2D eigenvalue weighted by atomic mass is 35.5.